The Kier molecular flexibility index (Phi) is 6.76. The SMILES string of the molecule is CCOOCc1cc(N2CCN(CC)CC2)cc(Br)c1Cl. The Morgan fingerprint density at radius 3 is 2.48 bits per heavy atom. The molecule has 0 aromatic heterocycles. The minimum atomic E-state index is 0.355. The standard InChI is InChI=1S/C15H22BrClN2O2/c1-3-18-5-7-19(8-6-18)13-9-12(11-21-20-4-2)15(17)14(16)10-13/h9-10H,3-8,11H2,1-2H3. The van der Waals surface area contributed by atoms with Gasteiger partial charge in [-0.25, -0.2) is 9.78 Å². The van der Waals surface area contributed by atoms with Gasteiger partial charge in [0.25, 0.3) is 0 Å². The first kappa shape index (κ1) is 17.0. The predicted octanol–water partition coefficient (Wildman–Crippen LogP) is 3.71. The maximum atomic E-state index is 6.32. The zero-order chi connectivity index (χ0) is 15.2. The van der Waals surface area contributed by atoms with Crippen molar-refractivity contribution >= 4 is 33.2 Å². The Hall–Kier alpha value is -0.330. The molecule has 6 heteroatoms. The van der Waals surface area contributed by atoms with Crippen LogP contribution in [0.5, 0.6) is 0 Å². The van der Waals surface area contributed by atoms with Gasteiger partial charge in [-0.3, -0.25) is 0 Å². The number of hydrogen-bond donors (Lipinski definition) is 0. The quantitative estimate of drug-likeness (QED) is 0.428. The van der Waals surface area contributed by atoms with Crippen molar-refractivity contribution in [3.63, 3.8) is 0 Å². The molecule has 0 bridgehead atoms. The zero-order valence-corrected chi connectivity index (χ0v) is 14.9. The number of likely N-dealkylation sites (N-methyl/N-ethyl adjacent to an activating group) is 1. The van der Waals surface area contributed by atoms with Gasteiger partial charge >= 0.3 is 0 Å². The van der Waals surface area contributed by atoms with E-state index < -0.39 is 0 Å². The van der Waals surface area contributed by atoms with E-state index in [1.54, 1.807) is 0 Å². The van der Waals surface area contributed by atoms with Crippen molar-refractivity contribution in [1.82, 2.24) is 4.90 Å². The van der Waals surface area contributed by atoms with Crippen molar-refractivity contribution in [3.8, 4) is 0 Å². The summed E-state index contributed by atoms with van der Waals surface area (Å²) in [5, 5.41) is 0.686. The van der Waals surface area contributed by atoms with Crippen LogP contribution in [-0.2, 0) is 16.4 Å². The number of nitrogens with zero attached hydrogens (tertiary/aromatic N) is 2. The van der Waals surface area contributed by atoms with Crippen molar-refractivity contribution < 1.29 is 9.78 Å². The first-order valence-corrected chi connectivity index (χ1v) is 8.52. The average Bonchev–Trinajstić information content (AvgIpc) is 2.51. The molecule has 0 radical (unpaired) electrons. The average molecular weight is 378 g/mol. The van der Waals surface area contributed by atoms with Crippen LogP contribution in [0.25, 0.3) is 0 Å². The van der Waals surface area contributed by atoms with Crippen molar-refractivity contribution in [2.24, 2.45) is 0 Å². The molecule has 1 fully saturated rings. The van der Waals surface area contributed by atoms with Crippen molar-refractivity contribution in [2.45, 2.75) is 20.5 Å². The molecular formula is C15H22BrClN2O2. The summed E-state index contributed by atoms with van der Waals surface area (Å²) in [6.45, 7) is 10.4. The third kappa shape index (κ3) is 4.57. The van der Waals surface area contributed by atoms with E-state index in [2.05, 4.69) is 44.8 Å². The van der Waals surface area contributed by atoms with E-state index in [9.17, 15) is 0 Å². The highest BCUT2D eigenvalue weighted by molar-refractivity contribution is 9.10. The Morgan fingerprint density at radius 1 is 1.14 bits per heavy atom. The maximum absolute atomic E-state index is 6.32. The molecule has 0 aliphatic carbocycles. The molecule has 1 saturated heterocycles. The molecule has 0 saturated carbocycles. The summed E-state index contributed by atoms with van der Waals surface area (Å²) in [6, 6.07) is 4.17. The highest BCUT2D eigenvalue weighted by atomic mass is 79.9. The van der Waals surface area contributed by atoms with Gasteiger partial charge in [0.1, 0.15) is 6.61 Å². The van der Waals surface area contributed by atoms with Crippen molar-refractivity contribution in [3.05, 3.63) is 27.2 Å². The van der Waals surface area contributed by atoms with Crippen LogP contribution in [0.1, 0.15) is 19.4 Å². The van der Waals surface area contributed by atoms with E-state index in [1.165, 1.54) is 5.69 Å². The van der Waals surface area contributed by atoms with Crippen LogP contribution in [0.2, 0.25) is 5.02 Å². The molecule has 1 aliphatic heterocycles. The summed E-state index contributed by atoms with van der Waals surface area (Å²) in [4.78, 5) is 14.9. The predicted molar refractivity (Wildman–Crippen MR) is 89.9 cm³/mol. The van der Waals surface area contributed by atoms with Crippen LogP contribution in [0.3, 0.4) is 0 Å². The molecule has 1 heterocycles. The van der Waals surface area contributed by atoms with Gasteiger partial charge in [-0.1, -0.05) is 18.5 Å². The fourth-order valence-corrected chi connectivity index (χ4v) is 3.08. The lowest BCUT2D eigenvalue weighted by molar-refractivity contribution is -0.300. The van der Waals surface area contributed by atoms with Gasteiger partial charge in [-0.15, -0.1) is 0 Å². The van der Waals surface area contributed by atoms with E-state index >= 15 is 0 Å². The summed E-state index contributed by atoms with van der Waals surface area (Å²) in [5.74, 6) is 0. The molecule has 2 rings (SSSR count). The van der Waals surface area contributed by atoms with Crippen molar-refractivity contribution in [1.29, 1.82) is 0 Å². The summed E-state index contributed by atoms with van der Waals surface area (Å²) < 4.78 is 0.898. The lowest BCUT2D eigenvalue weighted by Crippen LogP contribution is -2.46. The van der Waals surface area contributed by atoms with Gasteiger partial charge in [-0.05, 0) is 41.5 Å². The van der Waals surface area contributed by atoms with Crippen LogP contribution in [-0.4, -0.2) is 44.2 Å². The van der Waals surface area contributed by atoms with Gasteiger partial charge in [0, 0.05) is 41.9 Å². The molecule has 118 valence electrons. The highest BCUT2D eigenvalue weighted by Gasteiger charge is 2.18. The fourth-order valence-electron chi connectivity index (χ4n) is 2.43. The van der Waals surface area contributed by atoms with Gasteiger partial charge in [0.2, 0.25) is 0 Å². The molecule has 0 unspecified atom stereocenters. The second-order valence-electron chi connectivity index (χ2n) is 4.99. The molecule has 0 spiro atoms. The van der Waals surface area contributed by atoms with Crippen LogP contribution >= 0.6 is 27.5 Å². The summed E-state index contributed by atoms with van der Waals surface area (Å²) >= 11 is 9.85. The molecule has 21 heavy (non-hydrogen) atoms. The number of halogens is 2. The molecule has 4 nitrogen and oxygen atoms in total. The van der Waals surface area contributed by atoms with E-state index in [0.29, 0.717) is 18.2 Å². The zero-order valence-electron chi connectivity index (χ0n) is 12.6. The molecular weight excluding hydrogens is 356 g/mol. The monoisotopic (exact) mass is 376 g/mol. The van der Waals surface area contributed by atoms with Gasteiger partial charge in [0.05, 0.1) is 11.6 Å². The maximum Gasteiger partial charge on any atom is 0.109 e. The normalized spacial score (nSPS) is 16.5. The number of rotatable bonds is 6. The number of anilines is 1. The second-order valence-corrected chi connectivity index (χ2v) is 6.22. The van der Waals surface area contributed by atoms with E-state index in [1.807, 2.05) is 6.92 Å². The smallest absolute Gasteiger partial charge is 0.109 e. The summed E-state index contributed by atoms with van der Waals surface area (Å²) in [5.41, 5.74) is 2.12. The van der Waals surface area contributed by atoms with E-state index in [4.69, 9.17) is 21.4 Å². The van der Waals surface area contributed by atoms with Crippen LogP contribution in [0.4, 0.5) is 5.69 Å². The van der Waals surface area contributed by atoms with Crippen LogP contribution in [0.15, 0.2) is 16.6 Å². The second kappa shape index (κ2) is 8.34. The van der Waals surface area contributed by atoms with Crippen LogP contribution < -0.4 is 4.90 Å². The molecule has 1 aliphatic rings. The fraction of sp³-hybridized carbons (Fsp3) is 0.600. The minimum Gasteiger partial charge on any atom is -0.369 e. The van der Waals surface area contributed by atoms with Crippen LogP contribution in [0, 0.1) is 0 Å². The molecule has 1 aromatic carbocycles. The Bertz CT molecular complexity index is 465. The van der Waals surface area contributed by atoms with E-state index in [-0.39, 0.29) is 0 Å². The lowest BCUT2D eigenvalue weighted by atomic mass is 10.1. The lowest BCUT2D eigenvalue weighted by Gasteiger charge is -2.35. The van der Waals surface area contributed by atoms with E-state index in [0.717, 1.165) is 42.8 Å². The molecule has 0 amide bonds. The summed E-state index contributed by atoms with van der Waals surface area (Å²) in [6.07, 6.45) is 0. The highest BCUT2D eigenvalue weighted by Crippen LogP contribution is 2.32. The minimum absolute atomic E-state index is 0.355. The molecule has 0 N–H and O–H groups in total. The third-order valence-corrected chi connectivity index (χ3v) is 4.99. The Balaban J connectivity index is 2.09. The third-order valence-electron chi connectivity index (χ3n) is 3.69. The first-order valence-electron chi connectivity index (χ1n) is 7.35. The number of piperazine rings is 1. The summed E-state index contributed by atoms with van der Waals surface area (Å²) in [7, 11) is 0. The molecule has 0 atom stereocenters. The van der Waals surface area contributed by atoms with Gasteiger partial charge in [0.15, 0.2) is 0 Å². The van der Waals surface area contributed by atoms with Gasteiger partial charge < -0.3 is 9.80 Å². The largest absolute Gasteiger partial charge is 0.369 e. The Labute approximate surface area is 140 Å². The number of hydrogen-bond acceptors (Lipinski definition) is 4. The Morgan fingerprint density at radius 2 is 1.86 bits per heavy atom. The topological polar surface area (TPSA) is 24.9 Å². The van der Waals surface area contributed by atoms with Gasteiger partial charge in [-0.2, -0.15) is 0 Å². The van der Waals surface area contributed by atoms with Crippen molar-refractivity contribution in [2.75, 3.05) is 44.2 Å². The number of benzene rings is 1. The first-order chi connectivity index (χ1) is 10.2. The molecule has 1 aromatic rings.